The van der Waals surface area contributed by atoms with E-state index >= 15 is 0 Å². The number of benzene rings is 1. The van der Waals surface area contributed by atoms with E-state index in [0.29, 0.717) is 0 Å². The number of imide groups is 1. The number of amides is 3. The number of anilines is 1. The first-order valence-electron chi connectivity index (χ1n) is 5.67. The molecular weight excluding hydrogens is 253 g/mol. The van der Waals surface area contributed by atoms with E-state index in [4.69, 9.17) is 5.73 Å². The highest BCUT2D eigenvalue weighted by molar-refractivity contribution is 6.04. The molecule has 0 radical (unpaired) electrons. The molecule has 1 aromatic rings. The van der Waals surface area contributed by atoms with Gasteiger partial charge >= 0.3 is 0 Å². The normalized spacial score (nSPS) is 18.9. The third kappa shape index (κ3) is 2.87. The van der Waals surface area contributed by atoms with Gasteiger partial charge in [0.05, 0.1) is 5.56 Å². The van der Waals surface area contributed by atoms with Crippen molar-refractivity contribution in [2.24, 2.45) is 0 Å². The highest BCUT2D eigenvalue weighted by atomic mass is 19.1. The topological polar surface area (TPSA) is 101 Å². The smallest absolute Gasteiger partial charge is 0.254 e. The maximum atomic E-state index is 13.5. The predicted molar refractivity (Wildman–Crippen MR) is 64.5 cm³/mol. The Hall–Kier alpha value is -2.44. The van der Waals surface area contributed by atoms with Crippen LogP contribution < -0.4 is 16.4 Å². The van der Waals surface area contributed by atoms with E-state index in [1.165, 1.54) is 12.1 Å². The van der Waals surface area contributed by atoms with Crippen LogP contribution >= 0.6 is 0 Å². The molecule has 1 atom stereocenters. The fourth-order valence-corrected chi connectivity index (χ4v) is 1.78. The first kappa shape index (κ1) is 13.0. The first-order chi connectivity index (χ1) is 8.97. The van der Waals surface area contributed by atoms with Crippen LogP contribution in [0.4, 0.5) is 10.1 Å². The second-order valence-electron chi connectivity index (χ2n) is 4.22. The van der Waals surface area contributed by atoms with Gasteiger partial charge in [-0.3, -0.25) is 19.7 Å². The molecule has 1 heterocycles. The zero-order chi connectivity index (χ0) is 14.0. The van der Waals surface area contributed by atoms with E-state index in [-0.39, 0.29) is 30.0 Å². The predicted octanol–water partition coefficient (Wildman–Crippen LogP) is -0.0571. The van der Waals surface area contributed by atoms with Crippen LogP contribution in [0.1, 0.15) is 23.2 Å². The molecule has 2 rings (SSSR count). The average Bonchev–Trinajstić information content (AvgIpc) is 2.35. The van der Waals surface area contributed by atoms with E-state index in [1.54, 1.807) is 0 Å². The van der Waals surface area contributed by atoms with Crippen molar-refractivity contribution in [3.63, 3.8) is 0 Å². The van der Waals surface area contributed by atoms with Crippen LogP contribution in [0, 0.1) is 5.82 Å². The summed E-state index contributed by atoms with van der Waals surface area (Å²) in [5.74, 6) is -2.43. The van der Waals surface area contributed by atoms with Gasteiger partial charge in [0.25, 0.3) is 5.91 Å². The number of hydrogen-bond acceptors (Lipinski definition) is 4. The molecule has 7 heteroatoms. The van der Waals surface area contributed by atoms with Crippen LogP contribution in [-0.4, -0.2) is 23.8 Å². The summed E-state index contributed by atoms with van der Waals surface area (Å²) in [6.07, 6.45) is 0.330. The SMILES string of the molecule is Nc1ccc(F)c(C(=O)NC2CCC(=O)NC2=O)c1. The minimum Gasteiger partial charge on any atom is -0.399 e. The third-order valence-corrected chi connectivity index (χ3v) is 2.78. The quantitative estimate of drug-likeness (QED) is 0.515. The lowest BCUT2D eigenvalue weighted by Gasteiger charge is -2.21. The first-order valence-corrected chi connectivity index (χ1v) is 5.67. The van der Waals surface area contributed by atoms with Crippen molar-refractivity contribution >= 4 is 23.4 Å². The van der Waals surface area contributed by atoms with E-state index in [1.807, 2.05) is 0 Å². The number of nitrogens with one attached hydrogen (secondary N) is 2. The number of nitrogen functional groups attached to an aromatic ring is 1. The summed E-state index contributed by atoms with van der Waals surface area (Å²) in [6.45, 7) is 0. The summed E-state index contributed by atoms with van der Waals surface area (Å²) < 4.78 is 13.5. The van der Waals surface area contributed by atoms with E-state index in [0.717, 1.165) is 6.07 Å². The summed E-state index contributed by atoms with van der Waals surface area (Å²) >= 11 is 0. The lowest BCUT2D eigenvalue weighted by Crippen LogP contribution is -2.52. The van der Waals surface area contributed by atoms with Gasteiger partial charge < -0.3 is 11.1 Å². The molecule has 1 unspecified atom stereocenters. The second kappa shape index (κ2) is 5.05. The zero-order valence-electron chi connectivity index (χ0n) is 9.90. The van der Waals surface area contributed by atoms with E-state index < -0.39 is 23.7 Å². The Morgan fingerprint density at radius 3 is 2.84 bits per heavy atom. The van der Waals surface area contributed by atoms with Crippen molar-refractivity contribution in [1.82, 2.24) is 10.6 Å². The molecule has 1 aliphatic rings. The highest BCUT2D eigenvalue weighted by Crippen LogP contribution is 2.13. The molecule has 0 saturated carbocycles. The van der Waals surface area contributed by atoms with Crippen molar-refractivity contribution in [3.8, 4) is 0 Å². The van der Waals surface area contributed by atoms with Crippen LogP contribution in [0.3, 0.4) is 0 Å². The standard InChI is InChI=1S/C12H12FN3O3/c13-8-2-1-6(14)5-7(8)11(18)15-9-3-4-10(17)16-12(9)19/h1-2,5,9H,3-4,14H2,(H,15,18)(H,16,17,19). The largest absolute Gasteiger partial charge is 0.399 e. The molecule has 0 spiro atoms. The molecule has 4 N–H and O–H groups in total. The van der Waals surface area contributed by atoms with Gasteiger partial charge in [0.15, 0.2) is 0 Å². The number of hydrogen-bond donors (Lipinski definition) is 3. The molecule has 3 amide bonds. The molecule has 1 fully saturated rings. The number of nitrogens with two attached hydrogens (primary N) is 1. The molecule has 0 aliphatic carbocycles. The van der Waals surface area contributed by atoms with Crippen LogP contribution in [0.15, 0.2) is 18.2 Å². The Bertz CT molecular complexity index is 559. The number of piperidine rings is 1. The Labute approximate surface area is 108 Å². The molecule has 1 aromatic carbocycles. The summed E-state index contributed by atoms with van der Waals surface area (Å²) in [5.41, 5.74) is 5.49. The van der Waals surface area contributed by atoms with Gasteiger partial charge in [0.1, 0.15) is 11.9 Å². The van der Waals surface area contributed by atoms with Crippen molar-refractivity contribution in [1.29, 1.82) is 0 Å². The van der Waals surface area contributed by atoms with Gasteiger partial charge in [-0.1, -0.05) is 0 Å². The van der Waals surface area contributed by atoms with Gasteiger partial charge in [0, 0.05) is 12.1 Å². The minimum absolute atomic E-state index is 0.135. The lowest BCUT2D eigenvalue weighted by molar-refractivity contribution is -0.134. The Morgan fingerprint density at radius 2 is 2.16 bits per heavy atom. The van der Waals surface area contributed by atoms with Gasteiger partial charge in [-0.15, -0.1) is 0 Å². The van der Waals surface area contributed by atoms with Gasteiger partial charge in [-0.2, -0.15) is 0 Å². The lowest BCUT2D eigenvalue weighted by atomic mass is 10.1. The Kier molecular flexibility index (Phi) is 3.46. The highest BCUT2D eigenvalue weighted by Gasteiger charge is 2.28. The fraction of sp³-hybridized carbons (Fsp3) is 0.250. The zero-order valence-corrected chi connectivity index (χ0v) is 9.90. The molecule has 0 aromatic heterocycles. The molecule has 19 heavy (non-hydrogen) atoms. The van der Waals surface area contributed by atoms with Crippen LogP contribution in [0.2, 0.25) is 0 Å². The summed E-state index contributed by atoms with van der Waals surface area (Å²) in [7, 11) is 0. The summed E-state index contributed by atoms with van der Waals surface area (Å²) in [4.78, 5) is 34.3. The van der Waals surface area contributed by atoms with Crippen LogP contribution in [0.5, 0.6) is 0 Å². The van der Waals surface area contributed by atoms with Crippen LogP contribution in [0.25, 0.3) is 0 Å². The number of carbonyl (C=O) groups excluding carboxylic acids is 3. The number of halogens is 1. The maximum absolute atomic E-state index is 13.5. The second-order valence-corrected chi connectivity index (χ2v) is 4.22. The summed E-state index contributed by atoms with van der Waals surface area (Å²) in [6, 6.07) is 2.76. The monoisotopic (exact) mass is 265 g/mol. The van der Waals surface area contributed by atoms with Crippen molar-refractivity contribution in [2.45, 2.75) is 18.9 Å². The van der Waals surface area contributed by atoms with Gasteiger partial charge in [-0.25, -0.2) is 4.39 Å². The Balaban J connectivity index is 2.11. The summed E-state index contributed by atoms with van der Waals surface area (Å²) in [5, 5.41) is 4.48. The molecule has 1 aliphatic heterocycles. The van der Waals surface area contributed by atoms with Crippen molar-refractivity contribution < 1.29 is 18.8 Å². The van der Waals surface area contributed by atoms with E-state index in [9.17, 15) is 18.8 Å². The maximum Gasteiger partial charge on any atom is 0.254 e. The van der Waals surface area contributed by atoms with E-state index in [2.05, 4.69) is 10.6 Å². The molecule has 0 bridgehead atoms. The molecule has 6 nitrogen and oxygen atoms in total. The number of carbonyl (C=O) groups is 3. The van der Waals surface area contributed by atoms with Crippen LogP contribution in [-0.2, 0) is 9.59 Å². The fourth-order valence-electron chi connectivity index (χ4n) is 1.78. The van der Waals surface area contributed by atoms with Gasteiger partial charge in [0.2, 0.25) is 11.8 Å². The van der Waals surface area contributed by atoms with Crippen molar-refractivity contribution in [2.75, 3.05) is 5.73 Å². The molecule has 1 saturated heterocycles. The number of rotatable bonds is 2. The minimum atomic E-state index is -0.842. The third-order valence-electron chi connectivity index (χ3n) is 2.78. The van der Waals surface area contributed by atoms with Gasteiger partial charge in [-0.05, 0) is 24.6 Å². The average molecular weight is 265 g/mol. The van der Waals surface area contributed by atoms with Crippen molar-refractivity contribution in [3.05, 3.63) is 29.6 Å². The molecule has 100 valence electrons. The molecular formula is C12H12FN3O3. The Morgan fingerprint density at radius 1 is 1.42 bits per heavy atom.